The van der Waals surface area contributed by atoms with E-state index in [1.165, 1.54) is 12.1 Å². The Morgan fingerprint density at radius 3 is 2.63 bits per heavy atom. The molecular formula is C19H23F3N3O2+. The summed E-state index contributed by atoms with van der Waals surface area (Å²) in [5.41, 5.74) is -0.0687. The van der Waals surface area contributed by atoms with E-state index in [4.69, 9.17) is 4.42 Å². The molecule has 0 saturated carbocycles. The normalized spacial score (nSPS) is 17.0. The average molecular weight is 382 g/mol. The molecule has 1 aliphatic heterocycles. The third-order valence-corrected chi connectivity index (χ3v) is 4.77. The Morgan fingerprint density at radius 1 is 1.26 bits per heavy atom. The van der Waals surface area contributed by atoms with E-state index >= 15 is 0 Å². The molecule has 3 rings (SSSR count). The third-order valence-electron chi connectivity index (χ3n) is 4.77. The lowest BCUT2D eigenvalue weighted by Crippen LogP contribution is -3.15. The van der Waals surface area contributed by atoms with Crippen molar-refractivity contribution in [2.24, 2.45) is 0 Å². The van der Waals surface area contributed by atoms with Gasteiger partial charge in [-0.2, -0.15) is 13.2 Å². The number of nitrogens with one attached hydrogen (secondary N) is 2. The van der Waals surface area contributed by atoms with Gasteiger partial charge in [0.1, 0.15) is 5.76 Å². The molecular weight excluding hydrogens is 359 g/mol. The first-order chi connectivity index (χ1) is 12.8. The lowest BCUT2D eigenvalue weighted by Gasteiger charge is -2.33. The first-order valence-electron chi connectivity index (χ1n) is 8.91. The molecule has 2 N–H and O–H groups in total. The molecule has 0 unspecified atom stereocenters. The zero-order valence-corrected chi connectivity index (χ0v) is 15.1. The van der Waals surface area contributed by atoms with Crippen LogP contribution in [0.4, 0.5) is 18.9 Å². The van der Waals surface area contributed by atoms with Gasteiger partial charge in [0.15, 0.2) is 6.54 Å². The summed E-state index contributed by atoms with van der Waals surface area (Å²) in [6.45, 7) is 4.80. The van der Waals surface area contributed by atoms with E-state index in [1.807, 2.05) is 17.9 Å². The molecule has 5 nitrogen and oxygen atoms in total. The first kappa shape index (κ1) is 19.3. The predicted molar refractivity (Wildman–Crippen MR) is 94.5 cm³/mol. The van der Waals surface area contributed by atoms with Crippen molar-refractivity contribution in [2.45, 2.75) is 19.1 Å². The Hall–Kier alpha value is -2.48. The van der Waals surface area contributed by atoms with E-state index in [9.17, 15) is 18.0 Å². The first-order valence-corrected chi connectivity index (χ1v) is 8.91. The van der Waals surface area contributed by atoms with Gasteiger partial charge in [0.25, 0.3) is 5.91 Å². The van der Waals surface area contributed by atoms with Crippen LogP contribution in [0.15, 0.2) is 47.1 Å². The van der Waals surface area contributed by atoms with Crippen molar-refractivity contribution in [2.75, 3.05) is 37.6 Å². The molecule has 1 aromatic heterocycles. The maximum Gasteiger partial charge on any atom is 0.416 e. The van der Waals surface area contributed by atoms with Crippen molar-refractivity contribution < 1.29 is 27.3 Å². The van der Waals surface area contributed by atoms with Crippen LogP contribution in [0, 0.1) is 0 Å². The van der Waals surface area contributed by atoms with Gasteiger partial charge in [0.2, 0.25) is 0 Å². The summed E-state index contributed by atoms with van der Waals surface area (Å²) < 4.78 is 43.9. The van der Waals surface area contributed by atoms with Gasteiger partial charge >= 0.3 is 6.18 Å². The number of piperazine rings is 1. The number of furan rings is 1. The smallest absolute Gasteiger partial charge is 0.416 e. The van der Waals surface area contributed by atoms with Gasteiger partial charge < -0.3 is 19.5 Å². The minimum Gasteiger partial charge on any atom is -0.467 e. The van der Waals surface area contributed by atoms with Gasteiger partial charge in [0.05, 0.1) is 44.0 Å². The molecule has 27 heavy (non-hydrogen) atoms. The van der Waals surface area contributed by atoms with Crippen molar-refractivity contribution in [3.8, 4) is 0 Å². The highest BCUT2D eigenvalue weighted by Gasteiger charge is 2.31. The zero-order valence-electron chi connectivity index (χ0n) is 15.1. The summed E-state index contributed by atoms with van der Waals surface area (Å²) in [6.07, 6.45) is -2.78. The molecule has 0 bridgehead atoms. The van der Waals surface area contributed by atoms with Crippen LogP contribution in [-0.2, 0) is 11.0 Å². The van der Waals surface area contributed by atoms with Gasteiger partial charge in [-0.05, 0) is 37.3 Å². The molecule has 2 aromatic rings. The summed E-state index contributed by atoms with van der Waals surface area (Å²) in [6, 6.07) is 8.78. The number of nitrogens with zero attached hydrogens (tertiary/aromatic N) is 1. The molecule has 1 amide bonds. The summed E-state index contributed by atoms with van der Waals surface area (Å²) in [4.78, 5) is 15.3. The topological polar surface area (TPSA) is 49.9 Å². The molecule has 0 spiro atoms. The van der Waals surface area contributed by atoms with Crippen LogP contribution in [0.3, 0.4) is 0 Å². The highest BCUT2D eigenvalue weighted by atomic mass is 19.4. The molecule has 8 heteroatoms. The summed E-state index contributed by atoms with van der Waals surface area (Å²) in [5.74, 6) is 0.633. The Morgan fingerprint density at radius 2 is 2.00 bits per heavy atom. The molecule has 1 atom stereocenters. The number of carbonyl (C=O) groups excluding carboxylic acids is 1. The third kappa shape index (κ3) is 5.03. The van der Waals surface area contributed by atoms with E-state index in [1.54, 1.807) is 18.4 Å². The van der Waals surface area contributed by atoms with E-state index < -0.39 is 11.7 Å². The van der Waals surface area contributed by atoms with Gasteiger partial charge in [-0.15, -0.1) is 0 Å². The fourth-order valence-corrected chi connectivity index (χ4v) is 3.27. The van der Waals surface area contributed by atoms with Gasteiger partial charge in [0, 0.05) is 5.69 Å². The molecule has 146 valence electrons. The maximum absolute atomic E-state index is 12.9. The van der Waals surface area contributed by atoms with Gasteiger partial charge in [-0.25, -0.2) is 0 Å². The van der Waals surface area contributed by atoms with Crippen molar-refractivity contribution in [1.29, 1.82) is 0 Å². The van der Waals surface area contributed by atoms with Crippen LogP contribution in [0.2, 0.25) is 0 Å². The lowest BCUT2D eigenvalue weighted by molar-refractivity contribution is -0.892. The number of hydrogen-bond acceptors (Lipinski definition) is 3. The Kier molecular flexibility index (Phi) is 5.74. The van der Waals surface area contributed by atoms with Crippen molar-refractivity contribution in [1.82, 2.24) is 5.32 Å². The standard InChI is InChI=1S/C19H22F3N3O2/c1-14(17-6-3-11-27-17)23-18(26)13-24-7-9-25(10-8-24)16-5-2-4-15(12-16)19(20,21)22/h2-6,11-12,14H,7-10,13H2,1H3,(H,23,26)/p+1/t14-/m1/s1. The van der Waals surface area contributed by atoms with Crippen molar-refractivity contribution in [3.05, 3.63) is 54.0 Å². The highest BCUT2D eigenvalue weighted by Crippen LogP contribution is 2.31. The van der Waals surface area contributed by atoms with Gasteiger partial charge in [-0.1, -0.05) is 6.07 Å². The van der Waals surface area contributed by atoms with Crippen molar-refractivity contribution in [3.63, 3.8) is 0 Å². The van der Waals surface area contributed by atoms with E-state index in [0.717, 1.165) is 11.0 Å². The summed E-state index contributed by atoms with van der Waals surface area (Å²) in [7, 11) is 0. The second kappa shape index (κ2) is 8.04. The second-order valence-electron chi connectivity index (χ2n) is 6.77. The van der Waals surface area contributed by atoms with Gasteiger partial charge in [-0.3, -0.25) is 4.79 Å². The number of hydrogen-bond donors (Lipinski definition) is 2. The molecule has 1 aliphatic rings. The SMILES string of the molecule is C[C@@H](NC(=O)C[NH+]1CCN(c2cccc(C(F)(F)F)c2)CC1)c1ccco1. The zero-order chi connectivity index (χ0) is 19.4. The van der Waals surface area contributed by atoms with Crippen LogP contribution in [-0.4, -0.2) is 38.6 Å². The number of rotatable bonds is 5. The molecule has 0 aliphatic carbocycles. The Labute approximate surface area is 155 Å². The van der Waals surface area contributed by atoms with Crippen LogP contribution in [0.5, 0.6) is 0 Å². The molecule has 1 fully saturated rings. The Bertz CT molecular complexity index is 754. The number of anilines is 1. The lowest BCUT2D eigenvalue weighted by atomic mass is 10.1. The highest BCUT2D eigenvalue weighted by molar-refractivity contribution is 5.77. The fourth-order valence-electron chi connectivity index (χ4n) is 3.27. The van der Waals surface area contributed by atoms with Crippen LogP contribution < -0.4 is 15.1 Å². The Balaban J connectivity index is 1.50. The van der Waals surface area contributed by atoms with Crippen LogP contribution in [0.1, 0.15) is 24.3 Å². The number of benzene rings is 1. The molecule has 1 saturated heterocycles. The molecule has 1 aromatic carbocycles. The average Bonchev–Trinajstić information content (AvgIpc) is 3.16. The minimum absolute atomic E-state index is 0.0681. The fraction of sp³-hybridized carbons (Fsp3) is 0.421. The number of alkyl halides is 3. The second-order valence-corrected chi connectivity index (χ2v) is 6.77. The number of quaternary nitrogens is 1. The summed E-state index contributed by atoms with van der Waals surface area (Å²) >= 11 is 0. The quantitative estimate of drug-likeness (QED) is 0.830. The molecule has 2 heterocycles. The monoisotopic (exact) mass is 382 g/mol. The van der Waals surface area contributed by atoms with E-state index in [2.05, 4.69) is 5.32 Å². The van der Waals surface area contributed by atoms with Crippen LogP contribution >= 0.6 is 0 Å². The minimum atomic E-state index is -4.34. The predicted octanol–water partition coefficient (Wildman–Crippen LogP) is 1.88. The maximum atomic E-state index is 12.9. The van der Waals surface area contributed by atoms with Crippen molar-refractivity contribution >= 4 is 11.6 Å². The number of halogens is 3. The number of amides is 1. The largest absolute Gasteiger partial charge is 0.467 e. The van der Waals surface area contributed by atoms with E-state index in [0.29, 0.717) is 44.2 Å². The molecule has 0 radical (unpaired) electrons. The van der Waals surface area contributed by atoms with E-state index in [-0.39, 0.29) is 11.9 Å². The summed E-state index contributed by atoms with van der Waals surface area (Å²) in [5, 5.41) is 2.90. The van der Waals surface area contributed by atoms with Crippen LogP contribution in [0.25, 0.3) is 0 Å². The number of carbonyl (C=O) groups is 1.